The molecule has 0 radical (unpaired) electrons. The molecule has 0 fully saturated rings. The molecule has 0 saturated carbocycles. The van der Waals surface area contributed by atoms with Crippen molar-refractivity contribution in [3.63, 3.8) is 0 Å². The van der Waals surface area contributed by atoms with Gasteiger partial charge in [0.15, 0.2) is 0 Å². The molecule has 2 heteroatoms. The van der Waals surface area contributed by atoms with Crippen molar-refractivity contribution in [3.8, 4) is 33.4 Å². The van der Waals surface area contributed by atoms with Crippen LogP contribution in [0.2, 0.25) is 0 Å². The molecular formula is C40H24O2. The van der Waals surface area contributed by atoms with Gasteiger partial charge in [0, 0.05) is 21.7 Å². The molecule has 0 bridgehead atoms. The van der Waals surface area contributed by atoms with Crippen LogP contribution in [0.25, 0.3) is 87.8 Å². The van der Waals surface area contributed by atoms with Crippen LogP contribution in [-0.4, -0.2) is 0 Å². The minimum absolute atomic E-state index is 0.873. The van der Waals surface area contributed by atoms with Gasteiger partial charge in [-0.2, -0.15) is 0 Å². The third-order valence-electron chi connectivity index (χ3n) is 8.57. The minimum Gasteiger partial charge on any atom is -0.464 e. The highest BCUT2D eigenvalue weighted by molar-refractivity contribution is 6.22. The smallest absolute Gasteiger partial charge is 0.143 e. The number of para-hydroxylation sites is 1. The molecule has 0 aliphatic carbocycles. The summed E-state index contributed by atoms with van der Waals surface area (Å²) in [6, 6.07) is 49.6. The fourth-order valence-corrected chi connectivity index (χ4v) is 6.74. The van der Waals surface area contributed by atoms with Crippen LogP contribution in [0.1, 0.15) is 0 Å². The van der Waals surface area contributed by atoms with Gasteiger partial charge in [0.05, 0.1) is 6.26 Å². The normalized spacial score (nSPS) is 11.8. The lowest BCUT2D eigenvalue weighted by molar-refractivity contribution is 0.615. The molecule has 0 amide bonds. The first-order valence-corrected chi connectivity index (χ1v) is 14.3. The summed E-state index contributed by atoms with van der Waals surface area (Å²) in [5, 5.41) is 8.32. The lowest BCUT2D eigenvalue weighted by Gasteiger charge is -2.18. The summed E-state index contributed by atoms with van der Waals surface area (Å²) in [5.41, 5.74) is 9.83. The summed E-state index contributed by atoms with van der Waals surface area (Å²) in [6.45, 7) is 0. The molecule has 9 rings (SSSR count). The first-order valence-electron chi connectivity index (χ1n) is 14.3. The summed E-state index contributed by atoms with van der Waals surface area (Å²) in [4.78, 5) is 0. The van der Waals surface area contributed by atoms with E-state index in [-0.39, 0.29) is 0 Å². The fraction of sp³-hybridized carbons (Fsp3) is 0. The van der Waals surface area contributed by atoms with Gasteiger partial charge < -0.3 is 8.83 Å². The second kappa shape index (κ2) is 8.95. The maximum absolute atomic E-state index is 6.46. The summed E-state index contributed by atoms with van der Waals surface area (Å²) < 4.78 is 12.1. The molecular weight excluding hydrogens is 512 g/mol. The number of benzene rings is 7. The molecule has 0 aliphatic heterocycles. The van der Waals surface area contributed by atoms with E-state index in [0.717, 1.165) is 44.0 Å². The number of hydrogen-bond acceptors (Lipinski definition) is 2. The Balaban J connectivity index is 1.25. The molecule has 2 nitrogen and oxygen atoms in total. The second-order valence-corrected chi connectivity index (χ2v) is 10.8. The van der Waals surface area contributed by atoms with Gasteiger partial charge in [0.25, 0.3) is 0 Å². The summed E-state index contributed by atoms with van der Waals surface area (Å²) in [7, 11) is 0. The van der Waals surface area contributed by atoms with Gasteiger partial charge in [-0.15, -0.1) is 0 Å². The molecule has 42 heavy (non-hydrogen) atoms. The number of hydrogen-bond donors (Lipinski definition) is 0. The molecule has 0 unspecified atom stereocenters. The molecule has 0 aliphatic rings. The number of fused-ring (bicyclic) bond motifs is 7. The van der Waals surface area contributed by atoms with E-state index in [9.17, 15) is 0 Å². The maximum atomic E-state index is 6.46. The third kappa shape index (κ3) is 3.33. The predicted molar refractivity (Wildman–Crippen MR) is 175 cm³/mol. The lowest BCUT2D eigenvalue weighted by atomic mass is 9.85. The summed E-state index contributed by atoms with van der Waals surface area (Å²) in [6.07, 6.45) is 1.74. The van der Waals surface area contributed by atoms with E-state index in [4.69, 9.17) is 8.83 Å². The zero-order valence-electron chi connectivity index (χ0n) is 22.7. The molecule has 7 aromatic carbocycles. The number of rotatable bonds is 3. The van der Waals surface area contributed by atoms with Crippen LogP contribution in [0.5, 0.6) is 0 Å². The molecule has 196 valence electrons. The molecule has 0 N–H and O–H groups in total. The Bertz CT molecular complexity index is 2380. The van der Waals surface area contributed by atoms with Crippen molar-refractivity contribution in [2.45, 2.75) is 0 Å². The Kier molecular flexibility index (Phi) is 4.93. The van der Waals surface area contributed by atoms with Crippen LogP contribution in [-0.2, 0) is 0 Å². The van der Waals surface area contributed by atoms with Crippen molar-refractivity contribution in [2.75, 3.05) is 0 Å². The van der Waals surface area contributed by atoms with Gasteiger partial charge >= 0.3 is 0 Å². The molecule has 0 spiro atoms. The quantitative estimate of drug-likeness (QED) is 0.210. The Morgan fingerprint density at radius 2 is 0.905 bits per heavy atom. The first-order chi connectivity index (χ1) is 20.8. The average Bonchev–Trinajstić information content (AvgIpc) is 3.69. The highest BCUT2D eigenvalue weighted by Crippen LogP contribution is 2.44. The van der Waals surface area contributed by atoms with Crippen LogP contribution in [0.4, 0.5) is 0 Å². The lowest BCUT2D eigenvalue weighted by Crippen LogP contribution is -1.90. The predicted octanol–water partition coefficient (Wildman–Crippen LogP) is 11.6. The van der Waals surface area contributed by atoms with Crippen LogP contribution >= 0.6 is 0 Å². The van der Waals surface area contributed by atoms with Crippen molar-refractivity contribution in [1.82, 2.24) is 0 Å². The van der Waals surface area contributed by atoms with Gasteiger partial charge in [-0.3, -0.25) is 0 Å². The van der Waals surface area contributed by atoms with Crippen LogP contribution in [0, 0.1) is 0 Å². The van der Waals surface area contributed by atoms with Crippen LogP contribution in [0.15, 0.2) is 155 Å². The largest absolute Gasteiger partial charge is 0.464 e. The van der Waals surface area contributed by atoms with Crippen molar-refractivity contribution in [1.29, 1.82) is 0 Å². The van der Waals surface area contributed by atoms with E-state index in [1.54, 1.807) is 6.26 Å². The summed E-state index contributed by atoms with van der Waals surface area (Å²) in [5.74, 6) is 0. The Hall–Kier alpha value is -5.60. The highest BCUT2D eigenvalue weighted by atomic mass is 16.3. The van der Waals surface area contributed by atoms with Gasteiger partial charge in [-0.1, -0.05) is 121 Å². The van der Waals surface area contributed by atoms with Crippen molar-refractivity contribution >= 4 is 54.5 Å². The van der Waals surface area contributed by atoms with E-state index in [1.807, 2.05) is 18.2 Å². The first kappa shape index (κ1) is 23.1. The van der Waals surface area contributed by atoms with E-state index in [2.05, 4.69) is 121 Å². The molecule has 9 aromatic rings. The van der Waals surface area contributed by atoms with Gasteiger partial charge in [0.2, 0.25) is 0 Å². The Morgan fingerprint density at radius 1 is 0.357 bits per heavy atom. The Morgan fingerprint density at radius 3 is 1.57 bits per heavy atom. The van der Waals surface area contributed by atoms with Crippen LogP contribution < -0.4 is 0 Å². The van der Waals surface area contributed by atoms with Crippen molar-refractivity contribution < 1.29 is 8.83 Å². The van der Waals surface area contributed by atoms with E-state index < -0.39 is 0 Å². The Labute approximate surface area is 242 Å². The monoisotopic (exact) mass is 536 g/mol. The minimum atomic E-state index is 0.873. The molecule has 0 saturated heterocycles. The third-order valence-corrected chi connectivity index (χ3v) is 8.57. The average molecular weight is 537 g/mol. The van der Waals surface area contributed by atoms with E-state index in [0.29, 0.717) is 0 Å². The zero-order chi connectivity index (χ0) is 27.6. The molecule has 2 aromatic heterocycles. The summed E-state index contributed by atoms with van der Waals surface area (Å²) >= 11 is 0. The molecule has 2 heterocycles. The second-order valence-electron chi connectivity index (χ2n) is 10.8. The topological polar surface area (TPSA) is 26.3 Å². The maximum Gasteiger partial charge on any atom is 0.143 e. The van der Waals surface area contributed by atoms with Gasteiger partial charge in [0.1, 0.15) is 16.7 Å². The fourth-order valence-electron chi connectivity index (χ4n) is 6.74. The van der Waals surface area contributed by atoms with E-state index >= 15 is 0 Å². The van der Waals surface area contributed by atoms with Gasteiger partial charge in [-0.05, 0) is 67.6 Å². The zero-order valence-corrected chi connectivity index (χ0v) is 22.7. The standard InChI is InChI=1S/C40H24O2/c1-2-9-26(10-3-1)37-29-11-4-6-13-31(29)38(32-14-7-5-12-30(32)37)27-19-17-25(18-20-27)28-15-8-16-34-39-33-23-24-41-35(33)21-22-36(39)42-40(28)34/h1-24H. The van der Waals surface area contributed by atoms with Gasteiger partial charge in [-0.25, -0.2) is 0 Å². The van der Waals surface area contributed by atoms with Crippen molar-refractivity contribution in [2.24, 2.45) is 0 Å². The SMILES string of the molecule is c1ccc(-c2c3ccccc3c(-c3ccc(-c4cccc5c4oc4ccc6occc6c45)cc3)c3ccccc23)cc1. The van der Waals surface area contributed by atoms with Crippen LogP contribution in [0.3, 0.4) is 0 Å². The van der Waals surface area contributed by atoms with E-state index in [1.165, 1.54) is 43.8 Å². The molecule has 0 atom stereocenters. The highest BCUT2D eigenvalue weighted by Gasteiger charge is 2.18. The van der Waals surface area contributed by atoms with Crippen molar-refractivity contribution in [3.05, 3.63) is 146 Å². The number of furan rings is 2.